The zero-order valence-corrected chi connectivity index (χ0v) is 28.0. The molecule has 49 heavy (non-hydrogen) atoms. The molecule has 5 rings (SSSR count). The van der Waals surface area contributed by atoms with Gasteiger partial charge in [-0.25, -0.2) is 4.98 Å². The monoisotopic (exact) mass is 666 g/mol. The van der Waals surface area contributed by atoms with Crippen LogP contribution in [0.5, 0.6) is 0 Å². The number of anilines is 1. The van der Waals surface area contributed by atoms with E-state index in [1.165, 1.54) is 6.20 Å². The average Bonchev–Trinajstić information content (AvgIpc) is 3.75. The summed E-state index contributed by atoms with van der Waals surface area (Å²) in [5.74, 6) is -0.504. The SMILES string of the molecule is CCOC(=O)CC(=O)CNCC(C)(C(=O)N1CCCC1)c1ccc2c(c1)nc(CNc1ccc(C(=N)NC(=O)c3cccnc3)cc1)n2C. The molecule has 2 aromatic heterocycles. The standard InChI is InChI=1S/C36H42N8O5/c1-4-49-32(46)19-28(45)21-39-23-36(2,35(48)44-16-5-6-17-44)26-11-14-30-29(18-26)41-31(43(30)3)22-40-27-12-9-24(10-13-27)33(37)42-34(47)25-8-7-15-38-20-25/h7-15,18,20,39-40H,4-6,16-17,19,21-23H2,1-3H3,(H2,37,42,47). The van der Waals surface area contributed by atoms with Crippen molar-refractivity contribution in [3.05, 3.63) is 89.5 Å². The number of likely N-dealkylation sites (tertiary alicyclic amines) is 1. The molecular weight excluding hydrogens is 624 g/mol. The number of esters is 1. The van der Waals surface area contributed by atoms with Gasteiger partial charge in [0.1, 0.15) is 18.1 Å². The Labute approximate surface area is 285 Å². The van der Waals surface area contributed by atoms with Crippen LogP contribution in [0.2, 0.25) is 0 Å². The average molecular weight is 667 g/mol. The highest BCUT2D eigenvalue weighted by Crippen LogP contribution is 2.30. The normalized spacial score (nSPS) is 13.9. The van der Waals surface area contributed by atoms with Gasteiger partial charge in [-0.2, -0.15) is 0 Å². The molecule has 2 amide bonds. The van der Waals surface area contributed by atoms with E-state index in [1.54, 1.807) is 37.4 Å². The summed E-state index contributed by atoms with van der Waals surface area (Å²) in [5.41, 5.74) is 3.21. The third kappa shape index (κ3) is 8.36. The highest BCUT2D eigenvalue weighted by atomic mass is 16.5. The summed E-state index contributed by atoms with van der Waals surface area (Å²) in [6.45, 7) is 5.76. The fraction of sp³-hybridized carbons (Fsp3) is 0.361. The van der Waals surface area contributed by atoms with E-state index in [9.17, 15) is 19.2 Å². The van der Waals surface area contributed by atoms with Crippen LogP contribution >= 0.6 is 0 Å². The van der Waals surface area contributed by atoms with E-state index in [-0.39, 0.29) is 43.6 Å². The second kappa shape index (κ2) is 15.6. The molecule has 1 fully saturated rings. The number of carbonyl (C=O) groups excluding carboxylic acids is 4. The maximum atomic E-state index is 13.9. The Hall–Kier alpha value is -5.43. The summed E-state index contributed by atoms with van der Waals surface area (Å²) >= 11 is 0. The number of rotatable bonds is 14. The van der Waals surface area contributed by atoms with Gasteiger partial charge in [0.2, 0.25) is 5.91 Å². The fourth-order valence-electron chi connectivity index (χ4n) is 5.90. The third-order valence-corrected chi connectivity index (χ3v) is 8.71. The maximum Gasteiger partial charge on any atom is 0.313 e. The van der Waals surface area contributed by atoms with E-state index < -0.39 is 17.3 Å². The predicted molar refractivity (Wildman–Crippen MR) is 185 cm³/mol. The number of Topliss-reactive ketones (excluding diaryl/α,β-unsaturated/α-hetero) is 1. The number of imidazole rings is 1. The summed E-state index contributed by atoms with van der Waals surface area (Å²) < 4.78 is 6.88. The van der Waals surface area contributed by atoms with Crippen LogP contribution in [-0.4, -0.2) is 81.6 Å². The smallest absolute Gasteiger partial charge is 0.313 e. The van der Waals surface area contributed by atoms with Crippen LogP contribution < -0.4 is 16.0 Å². The maximum absolute atomic E-state index is 13.9. The number of nitrogens with zero attached hydrogens (tertiary/aromatic N) is 4. The topological polar surface area (TPSA) is 171 Å². The van der Waals surface area contributed by atoms with E-state index in [0.29, 0.717) is 30.8 Å². The van der Waals surface area contributed by atoms with Gasteiger partial charge in [-0.1, -0.05) is 6.07 Å². The Morgan fingerprint density at radius 3 is 2.47 bits per heavy atom. The van der Waals surface area contributed by atoms with Gasteiger partial charge < -0.3 is 30.2 Å². The number of amidine groups is 1. The molecule has 2 aromatic carbocycles. The van der Waals surface area contributed by atoms with E-state index >= 15 is 0 Å². The van der Waals surface area contributed by atoms with E-state index in [1.807, 2.05) is 53.8 Å². The molecule has 1 aliphatic rings. The third-order valence-electron chi connectivity index (χ3n) is 8.71. The quantitative estimate of drug-likeness (QED) is 0.0682. The zero-order valence-electron chi connectivity index (χ0n) is 28.0. The lowest BCUT2D eigenvalue weighted by molar-refractivity contribution is -0.145. The first-order valence-electron chi connectivity index (χ1n) is 16.4. The lowest BCUT2D eigenvalue weighted by Crippen LogP contribution is -2.50. The van der Waals surface area contributed by atoms with Crippen LogP contribution in [-0.2, 0) is 38.1 Å². The van der Waals surface area contributed by atoms with Crippen LogP contribution in [0, 0.1) is 5.41 Å². The van der Waals surface area contributed by atoms with Gasteiger partial charge >= 0.3 is 5.97 Å². The molecular formula is C36H42N8O5. The molecule has 0 radical (unpaired) electrons. The second-order valence-electron chi connectivity index (χ2n) is 12.2. The van der Waals surface area contributed by atoms with Gasteiger partial charge in [-0.3, -0.25) is 29.6 Å². The summed E-state index contributed by atoms with van der Waals surface area (Å²) in [5, 5.41) is 17.4. The first-order chi connectivity index (χ1) is 23.6. The number of pyridine rings is 1. The number of ketones is 1. The summed E-state index contributed by atoms with van der Waals surface area (Å²) in [6, 6.07) is 16.3. The van der Waals surface area contributed by atoms with E-state index in [2.05, 4.69) is 20.9 Å². The zero-order chi connectivity index (χ0) is 35.0. The van der Waals surface area contributed by atoms with Crippen LogP contribution in [0.15, 0.2) is 67.0 Å². The molecule has 0 spiro atoms. The molecule has 0 bridgehead atoms. The van der Waals surface area contributed by atoms with Gasteiger partial charge in [0.05, 0.1) is 41.7 Å². The number of carbonyl (C=O) groups is 4. The molecule has 4 aromatic rings. The van der Waals surface area contributed by atoms with E-state index in [0.717, 1.165) is 41.0 Å². The first kappa shape index (κ1) is 34.9. The fourth-order valence-corrected chi connectivity index (χ4v) is 5.90. The molecule has 1 atom stereocenters. The highest BCUT2D eigenvalue weighted by molar-refractivity contribution is 6.11. The van der Waals surface area contributed by atoms with Gasteiger partial charge in [-0.05, 0) is 80.8 Å². The van der Waals surface area contributed by atoms with Crippen LogP contribution in [0.3, 0.4) is 0 Å². The molecule has 13 nitrogen and oxygen atoms in total. The minimum Gasteiger partial charge on any atom is -0.466 e. The summed E-state index contributed by atoms with van der Waals surface area (Å²) in [6.07, 6.45) is 4.63. The first-order valence-corrected chi connectivity index (χ1v) is 16.4. The number of aromatic nitrogens is 3. The minimum absolute atomic E-state index is 0.0133. The molecule has 1 unspecified atom stereocenters. The van der Waals surface area contributed by atoms with Gasteiger partial charge in [0, 0.05) is 50.3 Å². The lowest BCUT2D eigenvalue weighted by Gasteiger charge is -2.33. The summed E-state index contributed by atoms with van der Waals surface area (Å²) in [7, 11) is 1.94. The van der Waals surface area contributed by atoms with Gasteiger partial charge in [-0.15, -0.1) is 0 Å². The minimum atomic E-state index is -0.967. The number of nitrogens with one attached hydrogen (secondary N) is 4. The number of fused-ring (bicyclic) bond motifs is 1. The number of aryl methyl sites for hydroxylation is 1. The van der Waals surface area contributed by atoms with Crippen LogP contribution in [0.4, 0.5) is 5.69 Å². The van der Waals surface area contributed by atoms with Crippen molar-refractivity contribution < 1.29 is 23.9 Å². The molecule has 1 saturated heterocycles. The Morgan fingerprint density at radius 2 is 1.78 bits per heavy atom. The number of hydrogen-bond donors (Lipinski definition) is 4. The molecule has 0 saturated carbocycles. The van der Waals surface area contributed by atoms with Gasteiger partial charge in [0.15, 0.2) is 5.78 Å². The van der Waals surface area contributed by atoms with Crippen molar-refractivity contribution in [2.24, 2.45) is 7.05 Å². The number of ether oxygens (including phenoxy) is 1. The largest absolute Gasteiger partial charge is 0.466 e. The molecule has 1 aliphatic heterocycles. The molecule has 13 heteroatoms. The predicted octanol–water partition coefficient (Wildman–Crippen LogP) is 3.33. The molecule has 256 valence electrons. The Balaban J connectivity index is 1.26. The number of amides is 2. The molecule has 0 aliphatic carbocycles. The van der Waals surface area contributed by atoms with Crippen molar-refractivity contribution in [1.29, 1.82) is 5.41 Å². The van der Waals surface area contributed by atoms with Crippen molar-refractivity contribution in [2.45, 2.75) is 45.1 Å². The second-order valence-corrected chi connectivity index (χ2v) is 12.2. The Kier molecular flexibility index (Phi) is 11.1. The number of benzene rings is 2. The van der Waals surface area contributed by atoms with Gasteiger partial charge in [0.25, 0.3) is 5.91 Å². The number of hydrogen-bond acceptors (Lipinski definition) is 10. The van der Waals surface area contributed by atoms with Crippen LogP contribution in [0.25, 0.3) is 11.0 Å². The van der Waals surface area contributed by atoms with Crippen molar-refractivity contribution in [1.82, 2.24) is 30.1 Å². The van der Waals surface area contributed by atoms with Crippen molar-refractivity contribution in [3.8, 4) is 0 Å². The van der Waals surface area contributed by atoms with Crippen molar-refractivity contribution in [3.63, 3.8) is 0 Å². The van der Waals surface area contributed by atoms with E-state index in [4.69, 9.17) is 15.1 Å². The highest BCUT2D eigenvalue weighted by Gasteiger charge is 2.39. The van der Waals surface area contributed by atoms with Crippen molar-refractivity contribution in [2.75, 3.05) is 38.1 Å². The van der Waals surface area contributed by atoms with Crippen molar-refractivity contribution >= 4 is 46.1 Å². The lowest BCUT2D eigenvalue weighted by atomic mass is 9.80. The Morgan fingerprint density at radius 1 is 1.02 bits per heavy atom. The molecule has 4 N–H and O–H groups in total. The van der Waals surface area contributed by atoms with Crippen LogP contribution in [0.1, 0.15) is 60.4 Å². The summed E-state index contributed by atoms with van der Waals surface area (Å²) in [4.78, 5) is 61.1. The Bertz CT molecular complexity index is 1830. The molecule has 3 heterocycles.